The fourth-order valence-electron chi connectivity index (χ4n) is 2.33. The molecule has 1 saturated carbocycles. The molecule has 1 fully saturated rings. The smallest absolute Gasteiger partial charge is 0.306 e. The van der Waals surface area contributed by atoms with Crippen LogP contribution in [0.15, 0.2) is 11.6 Å². The third-order valence-corrected chi connectivity index (χ3v) is 3.12. The van der Waals surface area contributed by atoms with Gasteiger partial charge in [0.2, 0.25) is 0 Å². The number of ether oxygens (including phenoxy) is 1. The Morgan fingerprint density at radius 1 is 1.69 bits per heavy atom. The van der Waals surface area contributed by atoms with Crippen molar-refractivity contribution in [2.24, 2.45) is 5.41 Å². The van der Waals surface area contributed by atoms with Gasteiger partial charge in [0, 0.05) is 5.41 Å². The monoisotopic (exact) mass is 180 g/mol. The first-order valence-electron chi connectivity index (χ1n) is 5.12. The van der Waals surface area contributed by atoms with E-state index in [0.717, 1.165) is 6.42 Å². The molecule has 0 N–H and O–H groups in total. The van der Waals surface area contributed by atoms with Gasteiger partial charge in [0.15, 0.2) is 0 Å². The zero-order valence-corrected chi connectivity index (χ0v) is 8.14. The van der Waals surface area contributed by atoms with E-state index in [4.69, 9.17) is 4.74 Å². The molecule has 0 amide bonds. The number of carbonyl (C=O) groups excluding carboxylic acids is 1. The van der Waals surface area contributed by atoms with Crippen LogP contribution >= 0.6 is 0 Å². The lowest BCUT2D eigenvalue weighted by molar-refractivity contribution is -0.144. The zero-order valence-electron chi connectivity index (χ0n) is 8.14. The molecule has 13 heavy (non-hydrogen) atoms. The SMILES string of the molecule is CCOC(=O)CC12CCCC=C1C2. The maximum Gasteiger partial charge on any atom is 0.306 e. The Hall–Kier alpha value is -0.790. The number of allylic oxidation sites excluding steroid dienone is 2. The van der Waals surface area contributed by atoms with Crippen molar-refractivity contribution in [3.05, 3.63) is 11.6 Å². The number of carbonyl (C=O) groups is 1. The quantitative estimate of drug-likeness (QED) is 0.492. The predicted octanol–water partition coefficient (Wildman–Crippen LogP) is 2.44. The van der Waals surface area contributed by atoms with E-state index >= 15 is 0 Å². The van der Waals surface area contributed by atoms with Crippen LogP contribution in [0.2, 0.25) is 0 Å². The first kappa shape index (κ1) is 8.79. The average molecular weight is 180 g/mol. The van der Waals surface area contributed by atoms with Crippen LogP contribution in [0.4, 0.5) is 0 Å². The van der Waals surface area contributed by atoms with Gasteiger partial charge in [-0.05, 0) is 32.6 Å². The lowest BCUT2D eigenvalue weighted by atomic mass is 9.90. The second kappa shape index (κ2) is 3.17. The normalized spacial score (nSPS) is 30.4. The number of rotatable bonds is 3. The molecule has 0 bridgehead atoms. The highest BCUT2D eigenvalue weighted by Crippen LogP contribution is 2.60. The second-order valence-corrected chi connectivity index (χ2v) is 4.06. The van der Waals surface area contributed by atoms with Crippen LogP contribution in [0.5, 0.6) is 0 Å². The summed E-state index contributed by atoms with van der Waals surface area (Å²) in [5.41, 5.74) is 1.76. The van der Waals surface area contributed by atoms with Crippen molar-refractivity contribution in [3.8, 4) is 0 Å². The highest BCUT2D eigenvalue weighted by molar-refractivity contribution is 5.72. The first-order chi connectivity index (χ1) is 6.27. The van der Waals surface area contributed by atoms with Gasteiger partial charge in [0.25, 0.3) is 0 Å². The molecule has 0 radical (unpaired) electrons. The van der Waals surface area contributed by atoms with Crippen LogP contribution in [0.25, 0.3) is 0 Å². The average Bonchev–Trinajstić information content (AvgIpc) is 2.78. The molecule has 0 heterocycles. The number of hydrogen-bond acceptors (Lipinski definition) is 2. The Labute approximate surface area is 79.0 Å². The van der Waals surface area contributed by atoms with Gasteiger partial charge in [0.1, 0.15) is 0 Å². The van der Waals surface area contributed by atoms with Gasteiger partial charge in [-0.25, -0.2) is 0 Å². The maximum atomic E-state index is 11.3. The van der Waals surface area contributed by atoms with Crippen molar-refractivity contribution in [2.75, 3.05) is 6.61 Å². The molecule has 2 heteroatoms. The van der Waals surface area contributed by atoms with Gasteiger partial charge >= 0.3 is 5.97 Å². The summed E-state index contributed by atoms with van der Waals surface area (Å²) in [7, 11) is 0. The number of fused-ring (bicyclic) bond motifs is 1. The molecule has 2 aliphatic rings. The molecular formula is C11H16O2. The molecule has 2 aliphatic carbocycles. The molecule has 0 saturated heterocycles. The Kier molecular flexibility index (Phi) is 2.14. The second-order valence-electron chi connectivity index (χ2n) is 4.06. The van der Waals surface area contributed by atoms with E-state index in [2.05, 4.69) is 6.08 Å². The van der Waals surface area contributed by atoms with Crippen LogP contribution < -0.4 is 0 Å². The molecule has 0 aromatic carbocycles. The van der Waals surface area contributed by atoms with Crippen LogP contribution in [-0.4, -0.2) is 12.6 Å². The van der Waals surface area contributed by atoms with Gasteiger partial charge in [-0.1, -0.05) is 11.6 Å². The van der Waals surface area contributed by atoms with Crippen molar-refractivity contribution in [2.45, 2.75) is 39.0 Å². The Bertz CT molecular complexity index is 255. The molecule has 0 aliphatic heterocycles. The number of hydrogen-bond donors (Lipinski definition) is 0. The lowest BCUT2D eigenvalue weighted by Crippen LogP contribution is -2.13. The van der Waals surface area contributed by atoms with Crippen LogP contribution in [0.1, 0.15) is 39.0 Å². The summed E-state index contributed by atoms with van der Waals surface area (Å²) in [4.78, 5) is 11.3. The van der Waals surface area contributed by atoms with Gasteiger partial charge in [0.05, 0.1) is 13.0 Å². The van der Waals surface area contributed by atoms with Crippen LogP contribution in [0, 0.1) is 5.41 Å². The maximum absolute atomic E-state index is 11.3. The minimum atomic E-state index is -0.0206. The van der Waals surface area contributed by atoms with Gasteiger partial charge in [-0.15, -0.1) is 0 Å². The molecular weight excluding hydrogens is 164 g/mol. The zero-order chi connectivity index (χ0) is 9.31. The minimum Gasteiger partial charge on any atom is -0.466 e. The summed E-state index contributed by atoms with van der Waals surface area (Å²) in [5, 5.41) is 0. The molecule has 0 aromatic heterocycles. The molecule has 0 spiro atoms. The molecule has 2 rings (SSSR count). The Balaban J connectivity index is 1.92. The Morgan fingerprint density at radius 3 is 3.23 bits per heavy atom. The summed E-state index contributed by atoms with van der Waals surface area (Å²) in [5.74, 6) is -0.0206. The molecule has 1 unspecified atom stereocenters. The van der Waals surface area contributed by atoms with E-state index in [1.807, 2.05) is 6.92 Å². The van der Waals surface area contributed by atoms with Gasteiger partial charge in [-0.2, -0.15) is 0 Å². The summed E-state index contributed by atoms with van der Waals surface area (Å²) in [6, 6.07) is 0. The summed E-state index contributed by atoms with van der Waals surface area (Å²) in [6.07, 6.45) is 7.71. The standard InChI is InChI=1S/C11H16O2/c1-2-13-10(12)8-11-6-4-3-5-9(11)7-11/h5H,2-4,6-8H2,1H3. The van der Waals surface area contributed by atoms with E-state index < -0.39 is 0 Å². The minimum absolute atomic E-state index is 0.0206. The third-order valence-electron chi connectivity index (χ3n) is 3.12. The highest BCUT2D eigenvalue weighted by Gasteiger charge is 2.50. The Morgan fingerprint density at radius 2 is 2.54 bits per heavy atom. The van der Waals surface area contributed by atoms with Crippen molar-refractivity contribution in [3.63, 3.8) is 0 Å². The van der Waals surface area contributed by atoms with E-state index in [1.165, 1.54) is 24.8 Å². The fraction of sp³-hybridized carbons (Fsp3) is 0.727. The molecule has 2 nitrogen and oxygen atoms in total. The van der Waals surface area contributed by atoms with Crippen LogP contribution in [0.3, 0.4) is 0 Å². The van der Waals surface area contributed by atoms with Crippen LogP contribution in [-0.2, 0) is 9.53 Å². The van der Waals surface area contributed by atoms with Crippen molar-refractivity contribution in [1.82, 2.24) is 0 Å². The van der Waals surface area contributed by atoms with Gasteiger partial charge in [-0.3, -0.25) is 4.79 Å². The largest absolute Gasteiger partial charge is 0.466 e. The van der Waals surface area contributed by atoms with E-state index in [1.54, 1.807) is 0 Å². The van der Waals surface area contributed by atoms with Gasteiger partial charge < -0.3 is 4.74 Å². The van der Waals surface area contributed by atoms with E-state index in [0.29, 0.717) is 13.0 Å². The topological polar surface area (TPSA) is 26.3 Å². The first-order valence-corrected chi connectivity index (χ1v) is 5.12. The molecule has 1 atom stereocenters. The third kappa shape index (κ3) is 1.62. The van der Waals surface area contributed by atoms with Crippen molar-refractivity contribution in [1.29, 1.82) is 0 Å². The summed E-state index contributed by atoms with van der Waals surface area (Å²) in [6.45, 7) is 2.37. The van der Waals surface area contributed by atoms with E-state index in [-0.39, 0.29) is 11.4 Å². The molecule has 72 valence electrons. The summed E-state index contributed by atoms with van der Waals surface area (Å²) >= 11 is 0. The fourth-order valence-corrected chi connectivity index (χ4v) is 2.33. The van der Waals surface area contributed by atoms with Crippen molar-refractivity contribution >= 4 is 5.97 Å². The van der Waals surface area contributed by atoms with E-state index in [9.17, 15) is 4.79 Å². The molecule has 0 aromatic rings. The highest BCUT2D eigenvalue weighted by atomic mass is 16.5. The van der Waals surface area contributed by atoms with Crippen molar-refractivity contribution < 1.29 is 9.53 Å². The predicted molar refractivity (Wildman–Crippen MR) is 50.2 cm³/mol. The lowest BCUT2D eigenvalue weighted by Gasteiger charge is -2.15. The summed E-state index contributed by atoms with van der Waals surface area (Å²) < 4.78 is 4.97. The number of esters is 1.